The van der Waals surface area contributed by atoms with Gasteiger partial charge >= 0.3 is 5.97 Å². The lowest BCUT2D eigenvalue weighted by Crippen LogP contribution is -2.46. The maximum absolute atomic E-state index is 12.1. The number of ketones is 1. The van der Waals surface area contributed by atoms with Gasteiger partial charge in [0.15, 0.2) is 5.78 Å². The highest BCUT2D eigenvalue weighted by Gasteiger charge is 2.29. The molecule has 1 amide bonds. The number of aromatic carboxylic acids is 1. The summed E-state index contributed by atoms with van der Waals surface area (Å²) in [6.45, 7) is 4.46. The van der Waals surface area contributed by atoms with Crippen molar-refractivity contribution in [2.24, 2.45) is 5.92 Å². The van der Waals surface area contributed by atoms with Crippen LogP contribution in [0.1, 0.15) is 40.5 Å². The fourth-order valence-corrected chi connectivity index (χ4v) is 4.32. The normalized spacial score (nSPS) is 14.6. The van der Waals surface area contributed by atoms with Gasteiger partial charge in [0.2, 0.25) is 5.91 Å². The molecule has 0 bridgehead atoms. The van der Waals surface area contributed by atoms with Crippen LogP contribution in [-0.2, 0) is 4.79 Å². The maximum atomic E-state index is 12.1. The fraction of sp³-hybridized carbons (Fsp3) is 0.308. The van der Waals surface area contributed by atoms with Crippen molar-refractivity contribution in [2.75, 3.05) is 41.3 Å². The summed E-state index contributed by atoms with van der Waals surface area (Å²) in [5.41, 5.74) is 3.10. The summed E-state index contributed by atoms with van der Waals surface area (Å²) in [6.07, 6.45) is 1.81. The molecule has 0 unspecified atom stereocenters. The molecule has 198 valence electrons. The van der Waals surface area contributed by atoms with Crippen molar-refractivity contribution >= 4 is 83.0 Å². The molecule has 11 heteroatoms. The summed E-state index contributed by atoms with van der Waals surface area (Å²) in [4.78, 5) is 44.7. The Labute approximate surface area is 233 Å². The highest BCUT2D eigenvalue weighted by Crippen LogP contribution is 2.31. The number of hydrogen-bond donors (Lipinski definition) is 2. The largest absolute Gasteiger partial charge is 0.478 e. The standard InChI is InChI=1S/C26H26N4O4.3ClH/c1-16(31)17-4-7-20(8-5-17)29-10-12-30(13-11-29)24-15-22(26(33)34)21-14-19(6-9-23(21)28-24)27-25(32)18-2-3-18;;;/h4-9,14-15,18H,2-3,10-13H2,1H3,(H,27,32)(H,33,34);3*1H. The molecular weight excluding hydrogens is 539 g/mol. The van der Waals surface area contributed by atoms with E-state index >= 15 is 0 Å². The molecule has 1 aliphatic carbocycles. The fourth-order valence-electron chi connectivity index (χ4n) is 4.32. The van der Waals surface area contributed by atoms with E-state index in [1.807, 2.05) is 24.3 Å². The van der Waals surface area contributed by atoms with Crippen LogP contribution in [0.15, 0.2) is 48.5 Å². The topological polar surface area (TPSA) is 103 Å². The van der Waals surface area contributed by atoms with Gasteiger partial charge in [-0.2, -0.15) is 0 Å². The molecule has 0 radical (unpaired) electrons. The number of carboxylic acids is 1. The van der Waals surface area contributed by atoms with Crippen molar-refractivity contribution in [3.63, 3.8) is 0 Å². The Morgan fingerprint density at radius 2 is 1.51 bits per heavy atom. The van der Waals surface area contributed by atoms with Crippen LogP contribution in [0.3, 0.4) is 0 Å². The molecule has 2 aromatic carbocycles. The first kappa shape index (κ1) is 30.2. The molecule has 1 saturated heterocycles. The van der Waals surface area contributed by atoms with Crippen LogP contribution in [0, 0.1) is 5.92 Å². The van der Waals surface area contributed by atoms with Crippen LogP contribution in [0.4, 0.5) is 17.2 Å². The third kappa shape index (κ3) is 6.63. The van der Waals surface area contributed by atoms with E-state index in [4.69, 9.17) is 4.98 Å². The van der Waals surface area contributed by atoms with E-state index < -0.39 is 5.97 Å². The summed E-state index contributed by atoms with van der Waals surface area (Å²) >= 11 is 0. The maximum Gasteiger partial charge on any atom is 0.336 e. The predicted octanol–water partition coefficient (Wildman–Crippen LogP) is 5.08. The first-order valence-electron chi connectivity index (χ1n) is 11.5. The highest BCUT2D eigenvalue weighted by atomic mass is 35.5. The summed E-state index contributed by atoms with van der Waals surface area (Å²) in [7, 11) is 0. The van der Waals surface area contributed by atoms with Crippen molar-refractivity contribution in [1.82, 2.24) is 4.98 Å². The molecule has 37 heavy (non-hydrogen) atoms. The molecule has 2 heterocycles. The summed E-state index contributed by atoms with van der Waals surface area (Å²) < 4.78 is 0. The van der Waals surface area contributed by atoms with E-state index in [2.05, 4.69) is 15.1 Å². The van der Waals surface area contributed by atoms with Gasteiger partial charge in [-0.15, -0.1) is 37.2 Å². The van der Waals surface area contributed by atoms with Crippen molar-refractivity contribution < 1.29 is 19.5 Å². The van der Waals surface area contributed by atoms with Crippen LogP contribution in [0.2, 0.25) is 0 Å². The third-order valence-corrected chi connectivity index (χ3v) is 6.48. The predicted molar refractivity (Wildman–Crippen MR) is 153 cm³/mol. The third-order valence-electron chi connectivity index (χ3n) is 6.48. The monoisotopic (exact) mass is 566 g/mol. The number of fused-ring (bicyclic) bond motifs is 1. The molecule has 1 aromatic heterocycles. The van der Waals surface area contributed by atoms with Crippen molar-refractivity contribution in [2.45, 2.75) is 19.8 Å². The Kier molecular flexibility index (Phi) is 10.1. The average molecular weight is 568 g/mol. The molecule has 3 aromatic rings. The molecule has 1 saturated carbocycles. The summed E-state index contributed by atoms with van der Waals surface area (Å²) in [5, 5.41) is 13.2. The molecule has 8 nitrogen and oxygen atoms in total. The van der Waals surface area contributed by atoms with Crippen LogP contribution < -0.4 is 15.1 Å². The quantitative estimate of drug-likeness (QED) is 0.401. The lowest BCUT2D eigenvalue weighted by atomic mass is 10.1. The first-order chi connectivity index (χ1) is 16.4. The van der Waals surface area contributed by atoms with Crippen LogP contribution in [0.25, 0.3) is 10.9 Å². The number of piperazine rings is 1. The Morgan fingerprint density at radius 1 is 0.892 bits per heavy atom. The molecule has 0 atom stereocenters. The zero-order chi connectivity index (χ0) is 23.8. The molecular formula is C26H29Cl3N4O4. The number of carbonyl (C=O) groups is 3. The number of rotatable bonds is 6. The smallest absolute Gasteiger partial charge is 0.336 e. The Morgan fingerprint density at radius 3 is 2.08 bits per heavy atom. The van der Waals surface area contributed by atoms with Crippen molar-refractivity contribution in [1.29, 1.82) is 0 Å². The average Bonchev–Trinajstić information content (AvgIpc) is 3.69. The van der Waals surface area contributed by atoms with Crippen LogP contribution in [-0.4, -0.2) is 53.9 Å². The number of pyridine rings is 1. The Bertz CT molecular complexity index is 1290. The van der Waals surface area contributed by atoms with Gasteiger partial charge < -0.3 is 20.2 Å². The zero-order valence-electron chi connectivity index (χ0n) is 20.2. The van der Waals surface area contributed by atoms with Gasteiger partial charge in [0.25, 0.3) is 0 Å². The SMILES string of the molecule is CC(=O)c1ccc(N2CCN(c3cc(C(=O)O)c4cc(NC(=O)C5CC5)ccc4n3)CC2)cc1.Cl.Cl.Cl. The van der Waals surface area contributed by atoms with Gasteiger partial charge in [0, 0.05) is 54.4 Å². The Hall–Kier alpha value is -3.07. The minimum Gasteiger partial charge on any atom is -0.478 e. The van der Waals surface area contributed by atoms with Crippen LogP contribution >= 0.6 is 37.2 Å². The van der Waals surface area contributed by atoms with E-state index in [1.54, 1.807) is 31.2 Å². The van der Waals surface area contributed by atoms with Gasteiger partial charge in [-0.3, -0.25) is 9.59 Å². The molecule has 0 spiro atoms. The number of halogens is 3. The van der Waals surface area contributed by atoms with Crippen molar-refractivity contribution in [3.8, 4) is 0 Å². The second-order valence-electron chi connectivity index (χ2n) is 8.91. The van der Waals surface area contributed by atoms with E-state index in [0.29, 0.717) is 41.1 Å². The lowest BCUT2D eigenvalue weighted by Gasteiger charge is -2.37. The highest BCUT2D eigenvalue weighted by molar-refractivity contribution is 6.05. The number of Topliss-reactive ketones (excluding diaryl/α,β-unsaturated/α-hetero) is 1. The summed E-state index contributed by atoms with van der Waals surface area (Å²) in [5.74, 6) is -0.296. The van der Waals surface area contributed by atoms with E-state index in [-0.39, 0.29) is 60.4 Å². The minimum atomic E-state index is -1.02. The number of anilines is 3. The van der Waals surface area contributed by atoms with Gasteiger partial charge in [-0.1, -0.05) is 0 Å². The van der Waals surface area contributed by atoms with Crippen LogP contribution in [0.5, 0.6) is 0 Å². The number of hydrogen-bond acceptors (Lipinski definition) is 6. The molecule has 5 rings (SSSR count). The second kappa shape index (κ2) is 12.4. The zero-order valence-corrected chi connectivity index (χ0v) is 22.6. The van der Waals surface area contributed by atoms with Crippen molar-refractivity contribution in [3.05, 3.63) is 59.7 Å². The number of carboxylic acid groups (broad SMARTS) is 1. The second-order valence-corrected chi connectivity index (χ2v) is 8.91. The number of carbonyl (C=O) groups excluding carboxylic acids is 2. The molecule has 2 fully saturated rings. The first-order valence-corrected chi connectivity index (χ1v) is 11.5. The van der Waals surface area contributed by atoms with E-state index in [1.165, 1.54) is 0 Å². The molecule has 2 N–H and O–H groups in total. The van der Waals surface area contributed by atoms with E-state index in [9.17, 15) is 19.5 Å². The van der Waals surface area contributed by atoms with Gasteiger partial charge in [0.1, 0.15) is 5.82 Å². The number of benzene rings is 2. The summed E-state index contributed by atoms with van der Waals surface area (Å²) in [6, 6.07) is 14.5. The number of nitrogens with zero attached hydrogens (tertiary/aromatic N) is 3. The number of amides is 1. The molecule has 1 aliphatic heterocycles. The van der Waals surface area contributed by atoms with Gasteiger partial charge in [0.05, 0.1) is 11.1 Å². The van der Waals surface area contributed by atoms with Gasteiger partial charge in [-0.05, 0) is 68.3 Å². The minimum absolute atomic E-state index is 0. The molecule has 2 aliphatic rings. The Balaban J connectivity index is 0.00000160. The van der Waals surface area contributed by atoms with Gasteiger partial charge in [-0.25, -0.2) is 9.78 Å². The number of aromatic nitrogens is 1. The van der Waals surface area contributed by atoms with E-state index in [0.717, 1.165) is 31.6 Å². The number of nitrogens with one attached hydrogen (secondary N) is 1. The lowest BCUT2D eigenvalue weighted by molar-refractivity contribution is -0.117.